The lowest BCUT2D eigenvalue weighted by molar-refractivity contribution is -0.0647. The van der Waals surface area contributed by atoms with Crippen molar-refractivity contribution in [2.24, 2.45) is 17.3 Å². The van der Waals surface area contributed by atoms with Crippen molar-refractivity contribution in [3.8, 4) is 17.0 Å². The predicted octanol–water partition coefficient (Wildman–Crippen LogP) is 4.48. The molecule has 0 saturated heterocycles. The lowest BCUT2D eigenvalue weighted by Gasteiger charge is -2.52. The Labute approximate surface area is 149 Å². The zero-order valence-corrected chi connectivity index (χ0v) is 15.2. The maximum Gasteiger partial charge on any atom is 0.132 e. The van der Waals surface area contributed by atoms with Crippen LogP contribution in [-0.2, 0) is 6.42 Å². The number of benzene rings is 1. The van der Waals surface area contributed by atoms with E-state index in [-0.39, 0.29) is 5.41 Å². The normalized spacial score (nSPS) is 39.9. The molecule has 0 unspecified atom stereocenters. The molecule has 4 rings (SSSR count). The molecule has 0 aromatic heterocycles. The van der Waals surface area contributed by atoms with Crippen LogP contribution in [-0.4, -0.2) is 17.8 Å². The van der Waals surface area contributed by atoms with Gasteiger partial charge in [0, 0.05) is 10.8 Å². The minimum atomic E-state index is -0.912. The number of aliphatic hydroxyl groups is 1. The van der Waals surface area contributed by atoms with E-state index in [2.05, 4.69) is 36.4 Å². The fourth-order valence-electron chi connectivity index (χ4n) is 5.99. The topological polar surface area (TPSA) is 29.5 Å². The van der Waals surface area contributed by atoms with Crippen molar-refractivity contribution in [3.05, 3.63) is 29.3 Å². The van der Waals surface area contributed by atoms with Crippen LogP contribution in [0.1, 0.15) is 56.1 Å². The van der Waals surface area contributed by atoms with Gasteiger partial charge in [-0.3, -0.25) is 0 Å². The number of rotatable bonds is 1. The van der Waals surface area contributed by atoms with E-state index < -0.39 is 5.60 Å². The summed E-state index contributed by atoms with van der Waals surface area (Å²) in [6, 6.07) is 6.58. The van der Waals surface area contributed by atoms with E-state index in [1.807, 2.05) is 0 Å². The molecule has 0 radical (unpaired) electrons. The first kappa shape index (κ1) is 16.3. The minimum Gasteiger partial charge on any atom is -0.497 e. The standard InChI is InChI=1S/C21H25ClO2/c1-20-9-7-17-16-6-4-15(24-2)13-14(16)3-5-18(17)19(20)8-10-21(20,23)11-12-22/h4,6,13,17-19,23H,3,5,7-10H2,1-2H3/t17-,18-,19+,20+,21-/m1/s1. The molecule has 24 heavy (non-hydrogen) atoms. The van der Waals surface area contributed by atoms with Crippen LogP contribution in [0.4, 0.5) is 0 Å². The van der Waals surface area contributed by atoms with E-state index in [1.54, 1.807) is 7.11 Å². The van der Waals surface area contributed by atoms with E-state index in [9.17, 15) is 5.11 Å². The van der Waals surface area contributed by atoms with Gasteiger partial charge < -0.3 is 9.84 Å². The van der Waals surface area contributed by atoms with Gasteiger partial charge in [0.05, 0.1) is 7.11 Å². The molecule has 0 bridgehead atoms. The summed E-state index contributed by atoms with van der Waals surface area (Å²) < 4.78 is 5.40. The SMILES string of the molecule is COc1ccc2c(c1)CC[C@@H]1[C@@H]2CC[C@@]2(C)[C@H]1CC[C@@]2(O)C#CCl. The molecule has 2 fully saturated rings. The molecule has 1 aromatic rings. The number of aryl methyl sites for hydroxylation is 1. The number of fused-ring (bicyclic) bond motifs is 5. The minimum absolute atomic E-state index is 0.125. The molecule has 0 heterocycles. The number of hydrogen-bond donors (Lipinski definition) is 1. The second-order valence-corrected chi connectivity index (χ2v) is 8.24. The molecular formula is C21H25ClO2. The monoisotopic (exact) mass is 344 g/mol. The molecule has 5 atom stereocenters. The lowest BCUT2D eigenvalue weighted by atomic mass is 9.53. The highest BCUT2D eigenvalue weighted by atomic mass is 35.5. The summed E-state index contributed by atoms with van der Waals surface area (Å²) in [6.45, 7) is 2.24. The van der Waals surface area contributed by atoms with Crippen LogP contribution in [0.2, 0.25) is 0 Å². The first-order valence-corrected chi connectivity index (χ1v) is 9.42. The Morgan fingerprint density at radius 2 is 2.08 bits per heavy atom. The maximum atomic E-state index is 11.1. The van der Waals surface area contributed by atoms with E-state index in [1.165, 1.54) is 17.5 Å². The van der Waals surface area contributed by atoms with Gasteiger partial charge in [0.15, 0.2) is 0 Å². The highest BCUT2D eigenvalue weighted by Crippen LogP contribution is 2.64. The van der Waals surface area contributed by atoms with Crippen LogP contribution >= 0.6 is 11.6 Å². The quantitative estimate of drug-likeness (QED) is 0.761. The summed E-state index contributed by atoms with van der Waals surface area (Å²) in [7, 11) is 1.73. The third-order valence-electron chi connectivity index (χ3n) is 7.34. The van der Waals surface area contributed by atoms with Crippen LogP contribution in [0.5, 0.6) is 5.75 Å². The Balaban J connectivity index is 1.69. The fraction of sp³-hybridized carbons (Fsp3) is 0.619. The van der Waals surface area contributed by atoms with Crippen molar-refractivity contribution in [1.82, 2.24) is 0 Å². The van der Waals surface area contributed by atoms with Gasteiger partial charge in [0.25, 0.3) is 0 Å². The zero-order chi connectivity index (χ0) is 16.9. The Morgan fingerprint density at radius 3 is 2.83 bits per heavy atom. The predicted molar refractivity (Wildman–Crippen MR) is 96.2 cm³/mol. The highest BCUT2D eigenvalue weighted by molar-refractivity contribution is 6.30. The number of ether oxygens (including phenoxy) is 1. The first-order valence-electron chi connectivity index (χ1n) is 9.04. The Bertz CT molecular complexity index is 718. The summed E-state index contributed by atoms with van der Waals surface area (Å²) >= 11 is 5.66. The average Bonchev–Trinajstić information content (AvgIpc) is 2.86. The van der Waals surface area contributed by atoms with Gasteiger partial charge >= 0.3 is 0 Å². The molecule has 0 spiro atoms. The van der Waals surface area contributed by atoms with Crippen molar-refractivity contribution in [2.45, 2.75) is 57.0 Å². The van der Waals surface area contributed by atoms with Crippen LogP contribution in [0, 0.1) is 28.6 Å². The van der Waals surface area contributed by atoms with Crippen molar-refractivity contribution in [3.63, 3.8) is 0 Å². The number of halogens is 1. The van der Waals surface area contributed by atoms with E-state index in [4.69, 9.17) is 16.3 Å². The van der Waals surface area contributed by atoms with Crippen LogP contribution < -0.4 is 4.74 Å². The van der Waals surface area contributed by atoms with Gasteiger partial charge in [-0.05, 0) is 91.1 Å². The summed E-state index contributed by atoms with van der Waals surface area (Å²) in [4.78, 5) is 0. The van der Waals surface area contributed by atoms with Gasteiger partial charge in [0.2, 0.25) is 0 Å². The number of methoxy groups -OCH3 is 1. The molecule has 3 aliphatic rings. The van der Waals surface area contributed by atoms with Crippen molar-refractivity contribution in [1.29, 1.82) is 0 Å². The fourth-order valence-corrected chi connectivity index (χ4v) is 6.14. The number of hydrogen-bond acceptors (Lipinski definition) is 2. The molecule has 2 nitrogen and oxygen atoms in total. The van der Waals surface area contributed by atoms with Gasteiger partial charge in [-0.25, -0.2) is 0 Å². The molecule has 3 aliphatic carbocycles. The van der Waals surface area contributed by atoms with Gasteiger partial charge in [-0.15, -0.1) is 0 Å². The third kappa shape index (κ3) is 2.14. The summed E-state index contributed by atoms with van der Waals surface area (Å²) in [5.74, 6) is 5.70. The zero-order valence-electron chi connectivity index (χ0n) is 14.4. The van der Waals surface area contributed by atoms with Crippen LogP contribution in [0.25, 0.3) is 0 Å². The van der Waals surface area contributed by atoms with Crippen molar-refractivity contribution in [2.75, 3.05) is 7.11 Å². The molecule has 0 aliphatic heterocycles. The summed E-state index contributed by atoms with van der Waals surface area (Å²) in [5.41, 5.74) is 1.92. The smallest absolute Gasteiger partial charge is 0.132 e. The Hall–Kier alpha value is -1.17. The second kappa shape index (κ2) is 5.68. The second-order valence-electron chi connectivity index (χ2n) is 8.05. The first-order chi connectivity index (χ1) is 11.5. The highest BCUT2D eigenvalue weighted by Gasteiger charge is 2.61. The molecular weight excluding hydrogens is 320 g/mol. The lowest BCUT2D eigenvalue weighted by Crippen LogP contribution is -2.50. The van der Waals surface area contributed by atoms with E-state index >= 15 is 0 Å². The Morgan fingerprint density at radius 1 is 1.25 bits per heavy atom. The molecule has 0 amide bonds. The largest absolute Gasteiger partial charge is 0.497 e. The molecule has 128 valence electrons. The summed E-state index contributed by atoms with van der Waals surface area (Å²) in [5, 5.41) is 13.6. The van der Waals surface area contributed by atoms with Crippen LogP contribution in [0.15, 0.2) is 18.2 Å². The van der Waals surface area contributed by atoms with Crippen molar-refractivity contribution >= 4 is 11.6 Å². The maximum absolute atomic E-state index is 11.1. The van der Waals surface area contributed by atoms with Crippen LogP contribution in [0.3, 0.4) is 0 Å². The van der Waals surface area contributed by atoms with E-state index in [0.717, 1.165) is 37.9 Å². The van der Waals surface area contributed by atoms with Gasteiger partial charge in [-0.2, -0.15) is 0 Å². The average molecular weight is 345 g/mol. The van der Waals surface area contributed by atoms with Gasteiger partial charge in [0.1, 0.15) is 11.4 Å². The molecule has 1 N–H and O–H groups in total. The molecule has 3 heteroatoms. The third-order valence-corrected chi connectivity index (χ3v) is 7.43. The van der Waals surface area contributed by atoms with E-state index in [0.29, 0.717) is 17.8 Å². The Kier molecular flexibility index (Phi) is 3.86. The molecule has 2 saturated carbocycles. The summed E-state index contributed by atoms with van der Waals surface area (Å²) in [6.07, 6.45) is 6.28. The van der Waals surface area contributed by atoms with Gasteiger partial charge in [-0.1, -0.05) is 18.9 Å². The van der Waals surface area contributed by atoms with Crippen molar-refractivity contribution < 1.29 is 9.84 Å². The molecule has 1 aromatic carbocycles.